The summed E-state index contributed by atoms with van der Waals surface area (Å²) in [7, 11) is 0. The molecule has 5 rings (SSSR count). The van der Waals surface area contributed by atoms with Crippen LogP contribution in [0.5, 0.6) is 23.0 Å². The number of carbonyl (C=O) groups is 2. The van der Waals surface area contributed by atoms with Gasteiger partial charge in [-0.3, -0.25) is 9.59 Å². The zero-order valence-corrected chi connectivity index (χ0v) is 23.3. The maximum Gasteiger partial charge on any atom is 0.295 e. The van der Waals surface area contributed by atoms with Crippen molar-refractivity contribution < 1.29 is 43.3 Å². The number of fused-ring (bicyclic) bond motifs is 1. The number of hydrogen-bond donors (Lipinski definition) is 1. The van der Waals surface area contributed by atoms with Crippen LogP contribution in [0.2, 0.25) is 0 Å². The number of nitrogens with one attached hydrogen (secondary N) is 1. The van der Waals surface area contributed by atoms with Gasteiger partial charge in [0.05, 0.1) is 32.4 Å². The highest BCUT2D eigenvalue weighted by atomic mass is 16.6. The zero-order chi connectivity index (χ0) is 28.8. The number of ketones is 1. The number of benzene rings is 2. The van der Waals surface area contributed by atoms with Gasteiger partial charge in [0.15, 0.2) is 23.0 Å². The molecule has 218 valence electrons. The predicted molar refractivity (Wildman–Crippen MR) is 148 cm³/mol. The lowest BCUT2D eigenvalue weighted by Crippen LogP contribution is -3.14. The molecular formula is C31H36N2O8. The highest BCUT2D eigenvalue weighted by molar-refractivity contribution is 6.46. The molecule has 1 amide bonds. The van der Waals surface area contributed by atoms with E-state index >= 15 is 0 Å². The van der Waals surface area contributed by atoms with E-state index in [1.165, 1.54) is 9.80 Å². The fourth-order valence-electron chi connectivity index (χ4n) is 5.43. The summed E-state index contributed by atoms with van der Waals surface area (Å²) in [5.41, 5.74) is 0.761. The summed E-state index contributed by atoms with van der Waals surface area (Å²) in [4.78, 5) is 29.8. The Hall–Kier alpha value is -4.02. The third kappa shape index (κ3) is 6.18. The number of carbonyl (C=O) groups excluding carboxylic acids is 2. The lowest BCUT2D eigenvalue weighted by atomic mass is 9.94. The van der Waals surface area contributed by atoms with Crippen LogP contribution in [0.1, 0.15) is 30.5 Å². The first-order chi connectivity index (χ1) is 20.0. The number of likely N-dealkylation sites (tertiary alicyclic amines) is 1. The Kier molecular flexibility index (Phi) is 9.11. The summed E-state index contributed by atoms with van der Waals surface area (Å²) >= 11 is 0. The largest absolute Gasteiger partial charge is 0.872 e. The highest BCUT2D eigenvalue weighted by Gasteiger charge is 2.44. The van der Waals surface area contributed by atoms with Crippen LogP contribution in [0.4, 0.5) is 0 Å². The molecule has 0 aromatic heterocycles. The van der Waals surface area contributed by atoms with E-state index in [9.17, 15) is 14.7 Å². The normalized spacial score (nSPS) is 20.2. The molecule has 0 bridgehead atoms. The van der Waals surface area contributed by atoms with Gasteiger partial charge in [0, 0.05) is 18.5 Å². The van der Waals surface area contributed by atoms with Crippen LogP contribution >= 0.6 is 0 Å². The monoisotopic (exact) mass is 564 g/mol. The molecule has 0 aliphatic carbocycles. The number of morpholine rings is 1. The molecule has 2 aromatic carbocycles. The van der Waals surface area contributed by atoms with Crippen molar-refractivity contribution >= 4 is 17.4 Å². The van der Waals surface area contributed by atoms with Crippen LogP contribution in [0.15, 0.2) is 54.6 Å². The number of Topliss-reactive ketones (excluding diaryl/α,β-unsaturated/α-hetero) is 1. The molecular weight excluding hydrogens is 528 g/mol. The molecule has 2 aromatic rings. The van der Waals surface area contributed by atoms with Gasteiger partial charge in [-0.1, -0.05) is 30.5 Å². The van der Waals surface area contributed by atoms with Gasteiger partial charge in [0.2, 0.25) is 5.78 Å². The van der Waals surface area contributed by atoms with Crippen LogP contribution in [0.3, 0.4) is 0 Å². The van der Waals surface area contributed by atoms with Crippen molar-refractivity contribution in [2.24, 2.45) is 0 Å². The molecule has 10 heteroatoms. The number of quaternary nitrogens is 1. The Morgan fingerprint density at radius 3 is 2.59 bits per heavy atom. The van der Waals surface area contributed by atoms with E-state index in [2.05, 4.69) is 6.58 Å². The van der Waals surface area contributed by atoms with Gasteiger partial charge >= 0.3 is 0 Å². The molecule has 1 N–H and O–H groups in total. The average molecular weight is 565 g/mol. The minimum absolute atomic E-state index is 0.0902. The van der Waals surface area contributed by atoms with E-state index in [1.807, 2.05) is 6.92 Å². The van der Waals surface area contributed by atoms with Crippen molar-refractivity contribution in [2.75, 3.05) is 65.8 Å². The second kappa shape index (κ2) is 13.1. The first-order valence-electron chi connectivity index (χ1n) is 14.1. The molecule has 3 aliphatic rings. The molecule has 10 nitrogen and oxygen atoms in total. The maximum absolute atomic E-state index is 13.9. The van der Waals surface area contributed by atoms with E-state index in [-0.39, 0.29) is 17.7 Å². The first kappa shape index (κ1) is 28.5. The van der Waals surface area contributed by atoms with Crippen LogP contribution in [0.25, 0.3) is 5.76 Å². The van der Waals surface area contributed by atoms with Crippen LogP contribution in [0, 0.1) is 0 Å². The van der Waals surface area contributed by atoms with Gasteiger partial charge in [0.25, 0.3) is 5.91 Å². The molecule has 2 fully saturated rings. The second-order valence-corrected chi connectivity index (χ2v) is 10.0. The summed E-state index contributed by atoms with van der Waals surface area (Å²) in [6.07, 6.45) is 2.31. The van der Waals surface area contributed by atoms with Crippen LogP contribution in [-0.4, -0.2) is 82.4 Å². The number of nitrogens with zero attached hydrogens (tertiary/aromatic N) is 1. The first-order valence-corrected chi connectivity index (χ1v) is 14.1. The molecule has 3 aliphatic heterocycles. The van der Waals surface area contributed by atoms with E-state index in [0.717, 1.165) is 19.6 Å². The number of ether oxygens (including phenoxy) is 5. The third-order valence-electron chi connectivity index (χ3n) is 7.40. The number of hydrogen-bond acceptors (Lipinski definition) is 8. The van der Waals surface area contributed by atoms with E-state index < -0.39 is 23.5 Å². The smallest absolute Gasteiger partial charge is 0.295 e. The van der Waals surface area contributed by atoms with Crippen LogP contribution < -0.4 is 29.0 Å². The van der Waals surface area contributed by atoms with Gasteiger partial charge in [-0.15, -0.1) is 0 Å². The quantitative estimate of drug-likeness (QED) is 0.186. The SMILES string of the molecule is C=CCOc1ccc(C2C(=C([O-])c3ccc4c(c3)OCCO4)C(=O)C(=O)N2CCC[NH+]2CCOCC2)cc1OCC. The lowest BCUT2D eigenvalue weighted by Gasteiger charge is -2.29. The Morgan fingerprint density at radius 2 is 1.83 bits per heavy atom. The molecule has 0 spiro atoms. The van der Waals surface area contributed by atoms with Gasteiger partial charge in [-0.25, -0.2) is 0 Å². The van der Waals surface area contributed by atoms with Crippen molar-refractivity contribution in [1.82, 2.24) is 4.90 Å². The van der Waals surface area contributed by atoms with Crippen molar-refractivity contribution in [2.45, 2.75) is 19.4 Å². The standard InChI is InChI=1S/C31H36N2O8/c1-3-14-39-23-8-6-21(19-25(23)38-4-2)28-27(29(34)22-7-9-24-26(20-22)41-18-17-40-24)30(35)31(36)33(28)11-5-10-32-12-15-37-16-13-32/h3,6-9,19-20,28,34H,1,4-5,10-18H2,2H3. The summed E-state index contributed by atoms with van der Waals surface area (Å²) in [5.74, 6) is -0.0562. The summed E-state index contributed by atoms with van der Waals surface area (Å²) in [6, 6.07) is 9.20. The van der Waals surface area contributed by atoms with Crippen molar-refractivity contribution in [1.29, 1.82) is 0 Å². The van der Waals surface area contributed by atoms with Gasteiger partial charge in [0.1, 0.15) is 32.9 Å². The highest BCUT2D eigenvalue weighted by Crippen LogP contribution is 2.42. The second-order valence-electron chi connectivity index (χ2n) is 10.0. The predicted octanol–water partition coefficient (Wildman–Crippen LogP) is 0.951. The average Bonchev–Trinajstić information content (AvgIpc) is 3.25. The Bertz CT molecular complexity index is 1320. The zero-order valence-electron chi connectivity index (χ0n) is 23.3. The van der Waals surface area contributed by atoms with Gasteiger partial charge < -0.3 is 38.6 Å². The Morgan fingerprint density at radius 1 is 1.05 bits per heavy atom. The fraction of sp³-hybridized carbons (Fsp3) is 0.419. The number of amides is 1. The van der Waals surface area contributed by atoms with E-state index in [1.54, 1.807) is 42.5 Å². The minimum atomic E-state index is -0.872. The molecule has 3 heterocycles. The lowest BCUT2D eigenvalue weighted by molar-refractivity contribution is -0.908. The summed E-state index contributed by atoms with van der Waals surface area (Å²) < 4.78 is 28.3. The van der Waals surface area contributed by atoms with Crippen molar-refractivity contribution in [3.05, 3.63) is 65.8 Å². The van der Waals surface area contributed by atoms with Crippen molar-refractivity contribution in [3.63, 3.8) is 0 Å². The van der Waals surface area contributed by atoms with Gasteiger partial charge in [-0.05, 0) is 42.3 Å². The molecule has 1 atom stereocenters. The van der Waals surface area contributed by atoms with E-state index in [0.29, 0.717) is 74.6 Å². The molecule has 1 unspecified atom stereocenters. The minimum Gasteiger partial charge on any atom is -0.872 e. The topological polar surface area (TPSA) is 111 Å². The molecule has 41 heavy (non-hydrogen) atoms. The number of rotatable bonds is 11. The van der Waals surface area contributed by atoms with Crippen LogP contribution in [-0.2, 0) is 14.3 Å². The summed E-state index contributed by atoms with van der Waals surface area (Å²) in [6.45, 7) is 11.4. The molecule has 0 saturated carbocycles. The third-order valence-corrected chi connectivity index (χ3v) is 7.40. The van der Waals surface area contributed by atoms with E-state index in [4.69, 9.17) is 23.7 Å². The fourth-order valence-corrected chi connectivity index (χ4v) is 5.43. The Labute approximate surface area is 239 Å². The van der Waals surface area contributed by atoms with Gasteiger partial charge in [-0.2, -0.15) is 0 Å². The molecule has 0 radical (unpaired) electrons. The Balaban J connectivity index is 1.53. The molecule has 2 saturated heterocycles. The van der Waals surface area contributed by atoms with Crippen molar-refractivity contribution in [3.8, 4) is 23.0 Å². The summed E-state index contributed by atoms with van der Waals surface area (Å²) in [5, 5.41) is 13.9. The maximum atomic E-state index is 13.9.